The van der Waals surface area contributed by atoms with Gasteiger partial charge in [0.2, 0.25) is 11.9 Å². The summed E-state index contributed by atoms with van der Waals surface area (Å²) in [6, 6.07) is 16.2. The van der Waals surface area contributed by atoms with Gasteiger partial charge in [-0.1, -0.05) is 24.3 Å². The molecule has 1 heterocycles. The maximum absolute atomic E-state index is 12.3. The molecule has 0 atom stereocenters. The molecule has 0 radical (unpaired) electrons. The van der Waals surface area contributed by atoms with Gasteiger partial charge in [-0.3, -0.25) is 4.79 Å². The van der Waals surface area contributed by atoms with Crippen molar-refractivity contribution in [2.45, 2.75) is 43.0 Å². The van der Waals surface area contributed by atoms with Crippen LogP contribution in [0.4, 0.5) is 11.8 Å². The van der Waals surface area contributed by atoms with E-state index >= 15 is 0 Å². The molecule has 1 aliphatic carbocycles. The second-order valence-corrected chi connectivity index (χ2v) is 9.31. The maximum atomic E-state index is 12.3. The Hall–Kier alpha value is -2.80. The van der Waals surface area contributed by atoms with Crippen molar-refractivity contribution in [2.75, 3.05) is 30.9 Å². The lowest BCUT2D eigenvalue weighted by atomic mass is 9.86. The average molecular weight is 450 g/mol. The van der Waals surface area contributed by atoms with Gasteiger partial charge in [0.05, 0.1) is 11.9 Å². The van der Waals surface area contributed by atoms with E-state index in [1.54, 1.807) is 0 Å². The predicted octanol–water partition coefficient (Wildman–Crippen LogP) is 4.31. The van der Waals surface area contributed by atoms with E-state index in [9.17, 15) is 4.79 Å². The van der Waals surface area contributed by atoms with Crippen LogP contribution in [0.3, 0.4) is 0 Å². The quantitative estimate of drug-likeness (QED) is 0.469. The first-order valence-corrected chi connectivity index (χ1v) is 11.7. The van der Waals surface area contributed by atoms with E-state index in [0.717, 1.165) is 59.4 Å². The Bertz CT molecular complexity index is 1060. The first-order valence-electron chi connectivity index (χ1n) is 11.2. The monoisotopic (exact) mass is 449 g/mol. The molecular weight excluding hydrogens is 418 g/mol. The molecule has 7 heteroatoms. The molecule has 1 aromatic heterocycles. The lowest BCUT2D eigenvalue weighted by Gasteiger charge is -2.29. The predicted molar refractivity (Wildman–Crippen MR) is 134 cm³/mol. The van der Waals surface area contributed by atoms with Gasteiger partial charge in [0.1, 0.15) is 5.82 Å². The van der Waals surface area contributed by atoms with Crippen LogP contribution in [-0.4, -0.2) is 42.6 Å². The lowest BCUT2D eigenvalue weighted by molar-refractivity contribution is -0.120. The summed E-state index contributed by atoms with van der Waals surface area (Å²) in [5, 5.41) is 7.72. The highest BCUT2D eigenvalue weighted by atomic mass is 32.1. The third-order valence-corrected chi connectivity index (χ3v) is 6.37. The Morgan fingerprint density at radius 3 is 2.47 bits per heavy atom. The summed E-state index contributed by atoms with van der Waals surface area (Å²) in [4.78, 5) is 24.7. The molecule has 168 valence electrons. The highest BCUT2D eigenvalue weighted by molar-refractivity contribution is 7.80. The third-order valence-electron chi connectivity index (χ3n) is 6.08. The molecule has 1 saturated carbocycles. The minimum absolute atomic E-state index is 0.0814. The molecule has 1 aliphatic rings. The molecule has 6 nitrogen and oxygen atoms in total. The van der Waals surface area contributed by atoms with Crippen molar-refractivity contribution in [3.63, 3.8) is 0 Å². The van der Waals surface area contributed by atoms with E-state index in [1.807, 2.05) is 61.5 Å². The van der Waals surface area contributed by atoms with E-state index in [-0.39, 0.29) is 5.91 Å². The molecular formula is C25H31N5OS. The molecule has 0 spiro atoms. The molecule has 1 amide bonds. The molecule has 0 saturated heterocycles. The van der Waals surface area contributed by atoms with Gasteiger partial charge in [-0.2, -0.15) is 4.98 Å². The molecule has 4 rings (SSSR count). The first kappa shape index (κ1) is 22.4. The van der Waals surface area contributed by atoms with Crippen molar-refractivity contribution < 1.29 is 4.79 Å². The van der Waals surface area contributed by atoms with Crippen molar-refractivity contribution in [3.05, 3.63) is 54.1 Å². The number of amides is 1. The molecule has 3 aromatic rings. The van der Waals surface area contributed by atoms with Gasteiger partial charge in [-0.25, -0.2) is 4.98 Å². The van der Waals surface area contributed by atoms with Crippen molar-refractivity contribution in [2.24, 2.45) is 5.92 Å². The zero-order valence-corrected chi connectivity index (χ0v) is 19.6. The molecule has 2 N–H and O–H groups in total. The summed E-state index contributed by atoms with van der Waals surface area (Å²) in [5.41, 5.74) is 1.97. The summed E-state index contributed by atoms with van der Waals surface area (Å²) in [5.74, 6) is 2.22. The second kappa shape index (κ2) is 10.2. The highest BCUT2D eigenvalue weighted by Crippen LogP contribution is 2.28. The maximum Gasteiger partial charge on any atom is 0.225 e. The summed E-state index contributed by atoms with van der Waals surface area (Å²) >= 11 is 4.29. The van der Waals surface area contributed by atoms with E-state index in [0.29, 0.717) is 24.3 Å². The van der Waals surface area contributed by atoms with E-state index in [2.05, 4.69) is 29.3 Å². The van der Waals surface area contributed by atoms with Crippen molar-refractivity contribution >= 4 is 41.2 Å². The van der Waals surface area contributed by atoms with Crippen molar-refractivity contribution in [1.29, 1.82) is 0 Å². The number of nitrogens with one attached hydrogen (secondary N) is 2. The van der Waals surface area contributed by atoms with Crippen LogP contribution in [0, 0.1) is 5.92 Å². The molecule has 0 unspecified atom stereocenters. The summed E-state index contributed by atoms with van der Waals surface area (Å²) < 4.78 is 0. The normalized spacial score (nSPS) is 18.3. The molecule has 2 aromatic carbocycles. The topological polar surface area (TPSA) is 70.2 Å². The van der Waals surface area contributed by atoms with Crippen LogP contribution in [-0.2, 0) is 11.2 Å². The minimum atomic E-state index is 0.0814. The zero-order chi connectivity index (χ0) is 22.5. The van der Waals surface area contributed by atoms with Gasteiger partial charge in [0.25, 0.3) is 0 Å². The minimum Gasteiger partial charge on any atom is -0.362 e. The van der Waals surface area contributed by atoms with Gasteiger partial charge >= 0.3 is 0 Å². The van der Waals surface area contributed by atoms with Gasteiger partial charge in [0.15, 0.2) is 0 Å². The fourth-order valence-corrected chi connectivity index (χ4v) is 4.43. The number of fused-ring (bicyclic) bond motifs is 1. The Balaban J connectivity index is 1.27. The van der Waals surface area contributed by atoms with Crippen LogP contribution in [0.5, 0.6) is 0 Å². The molecule has 0 aliphatic heterocycles. The number of anilines is 2. The number of carbonyl (C=O) groups excluding carboxylic acids is 1. The van der Waals surface area contributed by atoms with Crippen LogP contribution in [0.25, 0.3) is 10.9 Å². The number of benzene rings is 2. The smallest absolute Gasteiger partial charge is 0.225 e. The molecule has 1 fully saturated rings. The number of hydrogen-bond acceptors (Lipinski definition) is 6. The van der Waals surface area contributed by atoms with Crippen LogP contribution in [0.2, 0.25) is 0 Å². The van der Waals surface area contributed by atoms with Gasteiger partial charge in [0, 0.05) is 37.0 Å². The number of nitrogens with zero attached hydrogens (tertiary/aromatic N) is 3. The SMILES string of the molecule is CN(C)c1nc(NC2CCC(CNC(=O)Cc3ccc(S)cc3)CC2)nc2ccccc12. The van der Waals surface area contributed by atoms with E-state index in [4.69, 9.17) is 9.97 Å². The number of para-hydroxylation sites is 1. The van der Waals surface area contributed by atoms with Crippen molar-refractivity contribution in [1.82, 2.24) is 15.3 Å². The second-order valence-electron chi connectivity index (χ2n) is 8.79. The van der Waals surface area contributed by atoms with Crippen molar-refractivity contribution in [3.8, 4) is 0 Å². The Morgan fingerprint density at radius 2 is 1.75 bits per heavy atom. The Labute approximate surface area is 195 Å². The van der Waals surface area contributed by atoms with E-state index in [1.165, 1.54) is 0 Å². The number of thiol groups is 1. The number of rotatable bonds is 7. The van der Waals surface area contributed by atoms with Crippen LogP contribution >= 0.6 is 12.6 Å². The third kappa shape index (κ3) is 5.71. The highest BCUT2D eigenvalue weighted by Gasteiger charge is 2.22. The Morgan fingerprint density at radius 1 is 1.03 bits per heavy atom. The largest absolute Gasteiger partial charge is 0.362 e. The summed E-state index contributed by atoms with van der Waals surface area (Å²) in [6.45, 7) is 0.744. The van der Waals surface area contributed by atoms with Crippen LogP contribution in [0.1, 0.15) is 31.2 Å². The summed E-state index contributed by atoms with van der Waals surface area (Å²) in [7, 11) is 4.01. The van der Waals surface area contributed by atoms with Gasteiger partial charge < -0.3 is 15.5 Å². The fourth-order valence-electron chi connectivity index (χ4n) is 4.28. The summed E-state index contributed by atoms with van der Waals surface area (Å²) in [6.07, 6.45) is 4.69. The molecule has 0 bridgehead atoms. The lowest BCUT2D eigenvalue weighted by Crippen LogP contribution is -2.34. The standard InChI is InChI=1S/C25H31N5OS/c1-30(2)24-21-5-3-4-6-22(21)28-25(29-24)27-19-11-7-18(8-12-19)16-26-23(31)15-17-9-13-20(32)14-10-17/h3-6,9-10,13-14,18-19,32H,7-8,11-12,15-16H2,1-2H3,(H,26,31)(H,27,28,29). The van der Waals surface area contributed by atoms with Crippen LogP contribution in [0.15, 0.2) is 53.4 Å². The fraction of sp³-hybridized carbons (Fsp3) is 0.400. The number of aromatic nitrogens is 2. The number of carbonyl (C=O) groups is 1. The Kier molecular flexibility index (Phi) is 7.15. The van der Waals surface area contributed by atoms with Gasteiger partial charge in [-0.15, -0.1) is 12.6 Å². The zero-order valence-electron chi connectivity index (χ0n) is 18.7. The number of hydrogen-bond donors (Lipinski definition) is 3. The van der Waals surface area contributed by atoms with Crippen LogP contribution < -0.4 is 15.5 Å². The average Bonchev–Trinajstić information content (AvgIpc) is 2.79. The molecule has 32 heavy (non-hydrogen) atoms. The van der Waals surface area contributed by atoms with E-state index < -0.39 is 0 Å². The first-order chi connectivity index (χ1) is 15.5. The van der Waals surface area contributed by atoms with Gasteiger partial charge in [-0.05, 0) is 61.4 Å².